The quantitative estimate of drug-likeness (QED) is 0.174. The van der Waals surface area contributed by atoms with Gasteiger partial charge in [0.25, 0.3) is 0 Å². The third-order valence-corrected chi connectivity index (χ3v) is 8.01. The number of ether oxygens (including phenoxy) is 4. The smallest absolute Gasteiger partial charge is 0.231 e. The molecule has 1 aromatic heterocycles. The minimum absolute atomic E-state index is 0.270. The molecule has 5 aromatic rings. The number of hydrogen-bond donors (Lipinski definition) is 0. The zero-order valence-corrected chi connectivity index (χ0v) is 23.8. The number of aromatic nitrogens is 1. The van der Waals surface area contributed by atoms with Crippen LogP contribution >= 0.6 is 0 Å². The fraction of sp³-hybridized carbons (Fsp3) is 0.250. The highest BCUT2D eigenvalue weighted by Crippen LogP contribution is 2.37. The number of nitrogens with zero attached hydrogens (tertiary/aromatic N) is 2. The highest BCUT2D eigenvalue weighted by molar-refractivity contribution is 5.87. The van der Waals surface area contributed by atoms with E-state index in [2.05, 4.69) is 90.7 Å². The molecule has 6 heteroatoms. The SMILES string of the molecule is CCCCc1c(-c2ccccc2)nc2ccccc2c1CN(Cc1ccc2c(c1)OCO2)Cc1ccc2c(c1)OCO2. The van der Waals surface area contributed by atoms with Crippen LogP contribution in [0.4, 0.5) is 0 Å². The van der Waals surface area contributed by atoms with Crippen LogP contribution in [0.3, 0.4) is 0 Å². The van der Waals surface area contributed by atoms with Gasteiger partial charge in [-0.1, -0.05) is 74.0 Å². The van der Waals surface area contributed by atoms with Gasteiger partial charge < -0.3 is 18.9 Å². The summed E-state index contributed by atoms with van der Waals surface area (Å²) in [5.41, 5.74) is 8.31. The maximum atomic E-state index is 5.71. The number of pyridine rings is 1. The molecule has 0 fully saturated rings. The molecular weight excluding hydrogens is 524 g/mol. The topological polar surface area (TPSA) is 53.1 Å². The Balaban J connectivity index is 1.32. The van der Waals surface area contributed by atoms with Crippen molar-refractivity contribution in [2.24, 2.45) is 0 Å². The Morgan fingerprint density at radius 2 is 1.26 bits per heavy atom. The number of hydrogen-bond acceptors (Lipinski definition) is 6. The normalized spacial score (nSPS) is 13.3. The number of para-hydroxylation sites is 1. The Hall–Kier alpha value is -4.55. The van der Waals surface area contributed by atoms with Crippen LogP contribution in [0.1, 0.15) is 42.0 Å². The monoisotopic (exact) mass is 558 g/mol. The van der Waals surface area contributed by atoms with Crippen LogP contribution in [0.2, 0.25) is 0 Å². The molecule has 0 N–H and O–H groups in total. The number of fused-ring (bicyclic) bond motifs is 3. The largest absolute Gasteiger partial charge is 0.454 e. The van der Waals surface area contributed by atoms with Crippen LogP contribution in [-0.2, 0) is 26.1 Å². The molecule has 0 bridgehead atoms. The average molecular weight is 559 g/mol. The van der Waals surface area contributed by atoms with Crippen LogP contribution in [0.25, 0.3) is 22.2 Å². The lowest BCUT2D eigenvalue weighted by atomic mass is 9.92. The standard InChI is InChI=1S/C36H34N2O4/c1-2-3-11-29-30(28-12-7-8-13-31(28)37-36(29)27-9-5-4-6-10-27)22-38(20-25-14-16-32-34(18-25)41-23-39-32)21-26-15-17-33-35(19-26)42-24-40-33/h4-10,12-19H,2-3,11,20-24H2,1H3. The lowest BCUT2D eigenvalue weighted by Gasteiger charge is -2.26. The second-order valence-corrected chi connectivity index (χ2v) is 10.9. The van der Waals surface area contributed by atoms with Gasteiger partial charge in [-0.15, -0.1) is 0 Å². The van der Waals surface area contributed by atoms with Gasteiger partial charge in [0.05, 0.1) is 11.2 Å². The minimum atomic E-state index is 0.270. The van der Waals surface area contributed by atoms with Crippen molar-refractivity contribution in [3.63, 3.8) is 0 Å². The summed E-state index contributed by atoms with van der Waals surface area (Å²) >= 11 is 0. The van der Waals surface area contributed by atoms with Crippen LogP contribution in [0, 0.1) is 0 Å². The van der Waals surface area contributed by atoms with Gasteiger partial charge in [0, 0.05) is 30.6 Å². The molecule has 0 radical (unpaired) electrons. The van der Waals surface area contributed by atoms with Crippen LogP contribution in [0.5, 0.6) is 23.0 Å². The van der Waals surface area contributed by atoms with Gasteiger partial charge in [0.2, 0.25) is 13.6 Å². The summed E-state index contributed by atoms with van der Waals surface area (Å²) in [6.45, 7) is 5.05. The van der Waals surface area contributed by atoms with Gasteiger partial charge in [-0.05, 0) is 65.4 Å². The highest BCUT2D eigenvalue weighted by atomic mass is 16.7. The zero-order valence-electron chi connectivity index (χ0n) is 23.8. The Morgan fingerprint density at radius 3 is 1.93 bits per heavy atom. The maximum Gasteiger partial charge on any atom is 0.231 e. The van der Waals surface area contributed by atoms with E-state index in [1.54, 1.807) is 0 Å². The molecule has 0 atom stereocenters. The van der Waals surface area contributed by atoms with E-state index in [9.17, 15) is 0 Å². The number of benzene rings is 4. The van der Waals surface area contributed by atoms with Crippen molar-refractivity contribution in [3.05, 3.63) is 113 Å². The molecule has 0 unspecified atom stereocenters. The predicted molar refractivity (Wildman–Crippen MR) is 164 cm³/mol. The fourth-order valence-electron chi connectivity index (χ4n) is 5.94. The third-order valence-electron chi connectivity index (χ3n) is 8.01. The second-order valence-electron chi connectivity index (χ2n) is 10.9. The zero-order chi connectivity index (χ0) is 28.3. The first-order valence-corrected chi connectivity index (χ1v) is 14.7. The van der Waals surface area contributed by atoms with Gasteiger partial charge in [0.15, 0.2) is 23.0 Å². The van der Waals surface area contributed by atoms with E-state index in [0.29, 0.717) is 0 Å². The Bertz CT molecular complexity index is 1660. The molecule has 0 saturated heterocycles. The lowest BCUT2D eigenvalue weighted by Crippen LogP contribution is -2.24. The Morgan fingerprint density at radius 1 is 0.643 bits per heavy atom. The summed E-state index contributed by atoms with van der Waals surface area (Å²) in [6, 6.07) is 31.7. The van der Waals surface area contributed by atoms with Gasteiger partial charge in [0.1, 0.15) is 0 Å². The van der Waals surface area contributed by atoms with Gasteiger partial charge >= 0.3 is 0 Å². The Kier molecular flexibility index (Phi) is 7.37. The summed E-state index contributed by atoms with van der Waals surface area (Å²) in [5, 5.41) is 1.21. The first kappa shape index (κ1) is 26.4. The molecule has 0 aliphatic carbocycles. The molecule has 2 aliphatic rings. The minimum Gasteiger partial charge on any atom is -0.454 e. The van der Waals surface area contributed by atoms with Crippen molar-refractivity contribution in [2.45, 2.75) is 45.8 Å². The maximum absolute atomic E-state index is 5.71. The van der Waals surface area contributed by atoms with E-state index in [0.717, 1.165) is 78.7 Å². The molecule has 3 heterocycles. The summed E-state index contributed by atoms with van der Waals surface area (Å²) in [5.74, 6) is 3.21. The van der Waals surface area contributed by atoms with Crippen molar-refractivity contribution in [3.8, 4) is 34.3 Å². The molecule has 2 aliphatic heterocycles. The van der Waals surface area contributed by atoms with Gasteiger partial charge in [-0.3, -0.25) is 4.90 Å². The summed E-state index contributed by atoms with van der Waals surface area (Å²) in [6.07, 6.45) is 3.21. The van der Waals surface area contributed by atoms with Crippen molar-refractivity contribution in [1.82, 2.24) is 9.88 Å². The third kappa shape index (κ3) is 5.38. The van der Waals surface area contributed by atoms with Crippen LogP contribution in [-0.4, -0.2) is 23.5 Å². The molecule has 212 valence electrons. The van der Waals surface area contributed by atoms with Gasteiger partial charge in [-0.25, -0.2) is 4.98 Å². The molecular formula is C36H34N2O4. The predicted octanol–water partition coefficient (Wildman–Crippen LogP) is 7.90. The van der Waals surface area contributed by atoms with Crippen molar-refractivity contribution >= 4 is 10.9 Å². The summed E-state index contributed by atoms with van der Waals surface area (Å²) < 4.78 is 22.6. The molecule has 4 aromatic carbocycles. The summed E-state index contributed by atoms with van der Waals surface area (Å²) in [7, 11) is 0. The van der Waals surface area contributed by atoms with E-state index in [1.807, 2.05) is 12.1 Å². The van der Waals surface area contributed by atoms with E-state index in [-0.39, 0.29) is 13.6 Å². The molecule has 0 saturated carbocycles. The van der Waals surface area contributed by atoms with E-state index >= 15 is 0 Å². The van der Waals surface area contributed by atoms with Crippen molar-refractivity contribution in [1.29, 1.82) is 0 Å². The van der Waals surface area contributed by atoms with E-state index < -0.39 is 0 Å². The molecule has 0 spiro atoms. The first-order chi connectivity index (χ1) is 20.7. The van der Waals surface area contributed by atoms with Crippen LogP contribution in [0.15, 0.2) is 91.0 Å². The molecule has 7 rings (SSSR count). The molecule has 42 heavy (non-hydrogen) atoms. The average Bonchev–Trinajstić information content (AvgIpc) is 3.70. The van der Waals surface area contributed by atoms with E-state index in [1.165, 1.54) is 27.6 Å². The lowest BCUT2D eigenvalue weighted by molar-refractivity contribution is 0.173. The number of rotatable bonds is 10. The second kappa shape index (κ2) is 11.7. The van der Waals surface area contributed by atoms with Gasteiger partial charge in [-0.2, -0.15) is 0 Å². The Labute approximate surface area is 246 Å². The molecule has 6 nitrogen and oxygen atoms in total. The number of unbranched alkanes of at least 4 members (excludes halogenated alkanes) is 1. The summed E-state index contributed by atoms with van der Waals surface area (Å²) in [4.78, 5) is 7.73. The van der Waals surface area contributed by atoms with Crippen molar-refractivity contribution < 1.29 is 18.9 Å². The van der Waals surface area contributed by atoms with Crippen LogP contribution < -0.4 is 18.9 Å². The van der Waals surface area contributed by atoms with Crippen molar-refractivity contribution in [2.75, 3.05) is 13.6 Å². The highest BCUT2D eigenvalue weighted by Gasteiger charge is 2.21. The first-order valence-electron chi connectivity index (χ1n) is 14.7. The molecule has 0 amide bonds. The van der Waals surface area contributed by atoms with E-state index in [4.69, 9.17) is 23.9 Å². The fourth-order valence-corrected chi connectivity index (χ4v) is 5.94.